The van der Waals surface area contributed by atoms with E-state index in [9.17, 15) is 26.7 Å². The van der Waals surface area contributed by atoms with E-state index in [1.165, 1.54) is 34.9 Å². The van der Waals surface area contributed by atoms with Crippen molar-refractivity contribution >= 4 is 5.95 Å². The third-order valence-corrected chi connectivity index (χ3v) is 5.89. The fourth-order valence-corrected chi connectivity index (χ4v) is 4.03. The number of anilines is 1. The van der Waals surface area contributed by atoms with Gasteiger partial charge in [0, 0.05) is 44.7 Å². The van der Waals surface area contributed by atoms with Crippen LogP contribution >= 0.6 is 0 Å². The van der Waals surface area contributed by atoms with E-state index in [4.69, 9.17) is 0 Å². The minimum absolute atomic E-state index is 0.0374. The van der Waals surface area contributed by atoms with E-state index >= 15 is 0 Å². The van der Waals surface area contributed by atoms with Crippen LogP contribution in [0.4, 0.5) is 27.9 Å². The predicted octanol–water partition coefficient (Wildman–Crippen LogP) is 4.73. The summed E-state index contributed by atoms with van der Waals surface area (Å²) in [6.45, 7) is 3.04. The van der Waals surface area contributed by atoms with Crippen molar-refractivity contribution in [2.75, 3.05) is 11.9 Å². The number of nitrogens with one attached hydrogen (secondary N) is 1. The standard InChI is InChI=1S/C24H23F5N4O/c1-2-33-22(34)18-14-32(13-17-19(25)4-3-5-20(17)26)11-10-21(18)31-23(33)30-12-15-6-8-16(9-7-15)24(27,28)29/h3-9H,2,10-14H2,1H3,(H,30,31). The van der Waals surface area contributed by atoms with Crippen LogP contribution in [-0.2, 0) is 38.8 Å². The largest absolute Gasteiger partial charge is 0.416 e. The van der Waals surface area contributed by atoms with Crippen molar-refractivity contribution in [3.05, 3.63) is 92.4 Å². The molecule has 0 radical (unpaired) electrons. The van der Waals surface area contributed by atoms with Gasteiger partial charge in [-0.2, -0.15) is 13.2 Å². The first-order valence-electron chi connectivity index (χ1n) is 10.8. The quantitative estimate of drug-likeness (QED) is 0.521. The van der Waals surface area contributed by atoms with Crippen molar-refractivity contribution in [2.24, 2.45) is 0 Å². The summed E-state index contributed by atoms with van der Waals surface area (Å²) in [6, 6.07) is 8.49. The zero-order valence-corrected chi connectivity index (χ0v) is 18.4. The van der Waals surface area contributed by atoms with Crippen LogP contribution in [0.25, 0.3) is 0 Å². The van der Waals surface area contributed by atoms with E-state index in [0.717, 1.165) is 12.1 Å². The molecule has 34 heavy (non-hydrogen) atoms. The van der Waals surface area contributed by atoms with Crippen LogP contribution in [0.3, 0.4) is 0 Å². The van der Waals surface area contributed by atoms with Crippen molar-refractivity contribution in [1.29, 1.82) is 0 Å². The van der Waals surface area contributed by atoms with E-state index in [1.54, 1.807) is 6.92 Å². The summed E-state index contributed by atoms with van der Waals surface area (Å²) in [5.74, 6) is -0.921. The molecule has 0 saturated heterocycles. The van der Waals surface area contributed by atoms with Crippen LogP contribution in [-0.4, -0.2) is 21.0 Å². The average Bonchev–Trinajstić information content (AvgIpc) is 2.80. The highest BCUT2D eigenvalue weighted by Gasteiger charge is 2.30. The molecule has 0 aliphatic carbocycles. The van der Waals surface area contributed by atoms with E-state index in [-0.39, 0.29) is 30.8 Å². The topological polar surface area (TPSA) is 50.2 Å². The summed E-state index contributed by atoms with van der Waals surface area (Å²) in [5.41, 5.74) is 0.680. The first-order valence-corrected chi connectivity index (χ1v) is 10.8. The lowest BCUT2D eigenvalue weighted by molar-refractivity contribution is -0.137. The average molecular weight is 478 g/mol. The summed E-state index contributed by atoms with van der Waals surface area (Å²) in [7, 11) is 0. The van der Waals surface area contributed by atoms with Crippen molar-refractivity contribution < 1.29 is 22.0 Å². The molecule has 4 rings (SSSR count). The predicted molar refractivity (Wildman–Crippen MR) is 117 cm³/mol. The molecule has 0 fully saturated rings. The van der Waals surface area contributed by atoms with Gasteiger partial charge in [0.05, 0.1) is 16.8 Å². The number of hydrogen-bond donors (Lipinski definition) is 1. The number of aromatic nitrogens is 2. The molecule has 0 atom stereocenters. The van der Waals surface area contributed by atoms with Gasteiger partial charge in [0.1, 0.15) is 11.6 Å². The smallest absolute Gasteiger partial charge is 0.351 e. The van der Waals surface area contributed by atoms with E-state index in [1.807, 2.05) is 4.90 Å². The van der Waals surface area contributed by atoms with Gasteiger partial charge in [0.15, 0.2) is 0 Å². The lowest BCUT2D eigenvalue weighted by atomic mass is 10.1. The number of rotatable bonds is 6. The van der Waals surface area contributed by atoms with Crippen LogP contribution in [0.15, 0.2) is 47.3 Å². The molecule has 0 saturated carbocycles. The second-order valence-electron chi connectivity index (χ2n) is 8.12. The van der Waals surface area contributed by atoms with Crippen LogP contribution in [0.2, 0.25) is 0 Å². The minimum Gasteiger partial charge on any atom is -0.351 e. The minimum atomic E-state index is -4.40. The SMILES string of the molecule is CCn1c(NCc2ccc(C(F)(F)F)cc2)nc2c(c1=O)CN(Cc1c(F)cccc1F)CC2. The third-order valence-electron chi connectivity index (χ3n) is 5.89. The molecular formula is C24H23F5N4O. The number of nitrogens with zero attached hydrogens (tertiary/aromatic N) is 3. The Morgan fingerprint density at radius 2 is 1.74 bits per heavy atom. The number of halogens is 5. The van der Waals surface area contributed by atoms with Crippen LogP contribution in [0.1, 0.15) is 34.9 Å². The Labute approximate surface area is 192 Å². The highest BCUT2D eigenvalue weighted by Crippen LogP contribution is 2.29. The summed E-state index contributed by atoms with van der Waals surface area (Å²) >= 11 is 0. The molecule has 0 bridgehead atoms. The van der Waals surface area contributed by atoms with Gasteiger partial charge in [0.2, 0.25) is 5.95 Å². The Hall–Kier alpha value is -3.27. The maximum absolute atomic E-state index is 14.0. The first kappa shape index (κ1) is 23.9. The van der Waals surface area contributed by atoms with Crippen LogP contribution < -0.4 is 10.9 Å². The molecule has 0 amide bonds. The number of benzene rings is 2. The van der Waals surface area contributed by atoms with Gasteiger partial charge < -0.3 is 5.32 Å². The lowest BCUT2D eigenvalue weighted by Crippen LogP contribution is -2.38. The molecule has 1 aliphatic heterocycles. The molecule has 180 valence electrons. The molecule has 1 aromatic heterocycles. The number of fused-ring (bicyclic) bond motifs is 1. The molecule has 3 aromatic rings. The summed E-state index contributed by atoms with van der Waals surface area (Å²) in [4.78, 5) is 19.5. The molecule has 2 aromatic carbocycles. The van der Waals surface area contributed by atoms with E-state index < -0.39 is 23.4 Å². The molecule has 1 N–H and O–H groups in total. The Kier molecular flexibility index (Phi) is 6.70. The van der Waals surface area contributed by atoms with Crippen LogP contribution in [0.5, 0.6) is 0 Å². The Morgan fingerprint density at radius 1 is 1.06 bits per heavy atom. The highest BCUT2D eigenvalue weighted by molar-refractivity contribution is 5.35. The van der Waals surface area contributed by atoms with Crippen molar-refractivity contribution in [3.8, 4) is 0 Å². The zero-order valence-electron chi connectivity index (χ0n) is 18.4. The monoisotopic (exact) mass is 478 g/mol. The Morgan fingerprint density at radius 3 is 2.35 bits per heavy atom. The molecule has 0 unspecified atom stereocenters. The lowest BCUT2D eigenvalue weighted by Gasteiger charge is -2.29. The van der Waals surface area contributed by atoms with Gasteiger partial charge in [-0.3, -0.25) is 14.3 Å². The molecule has 1 aliphatic rings. The van der Waals surface area contributed by atoms with Gasteiger partial charge in [-0.15, -0.1) is 0 Å². The van der Waals surface area contributed by atoms with Gasteiger partial charge in [-0.1, -0.05) is 18.2 Å². The Bertz CT molecular complexity index is 1220. The van der Waals surface area contributed by atoms with E-state index in [2.05, 4.69) is 10.3 Å². The summed E-state index contributed by atoms with van der Waals surface area (Å²) < 4.78 is 67.8. The molecule has 10 heteroatoms. The fourth-order valence-electron chi connectivity index (χ4n) is 4.03. The third kappa shape index (κ3) is 4.96. The normalized spacial score (nSPS) is 14.2. The summed E-state index contributed by atoms with van der Waals surface area (Å²) in [5, 5.41) is 3.05. The van der Waals surface area contributed by atoms with Crippen molar-refractivity contribution in [3.63, 3.8) is 0 Å². The zero-order chi connectivity index (χ0) is 24.5. The van der Waals surface area contributed by atoms with Crippen molar-refractivity contribution in [1.82, 2.24) is 14.5 Å². The first-order chi connectivity index (χ1) is 16.2. The van der Waals surface area contributed by atoms with Gasteiger partial charge in [-0.05, 0) is 36.8 Å². The Balaban J connectivity index is 1.52. The van der Waals surface area contributed by atoms with Crippen LogP contribution in [0, 0.1) is 11.6 Å². The van der Waals surface area contributed by atoms with Gasteiger partial charge >= 0.3 is 6.18 Å². The highest BCUT2D eigenvalue weighted by atomic mass is 19.4. The maximum atomic E-state index is 14.0. The van der Waals surface area contributed by atoms with Gasteiger partial charge in [-0.25, -0.2) is 13.8 Å². The number of alkyl halides is 3. The second kappa shape index (κ2) is 9.54. The fraction of sp³-hybridized carbons (Fsp3) is 0.333. The second-order valence-corrected chi connectivity index (χ2v) is 8.12. The molecule has 2 heterocycles. The molecule has 5 nitrogen and oxygen atoms in total. The van der Waals surface area contributed by atoms with E-state index in [0.29, 0.717) is 42.3 Å². The van der Waals surface area contributed by atoms with Gasteiger partial charge in [0.25, 0.3) is 5.56 Å². The number of hydrogen-bond acceptors (Lipinski definition) is 4. The molecule has 0 spiro atoms. The summed E-state index contributed by atoms with van der Waals surface area (Å²) in [6.07, 6.45) is -3.97. The van der Waals surface area contributed by atoms with Crippen molar-refractivity contribution in [2.45, 2.75) is 45.7 Å². The maximum Gasteiger partial charge on any atom is 0.416 e. The molecular weight excluding hydrogens is 455 g/mol.